The first kappa shape index (κ1) is 10.3. The van der Waals surface area contributed by atoms with E-state index < -0.39 is 0 Å². The third kappa shape index (κ3) is 1.31. The van der Waals surface area contributed by atoms with Crippen molar-refractivity contribution in [3.05, 3.63) is 59.7 Å². The second-order valence-electron chi connectivity index (χ2n) is 5.62. The largest absolute Gasteiger partial charge is 0.148 e. The third-order valence-electron chi connectivity index (χ3n) is 4.63. The molecule has 19 heavy (non-hydrogen) atoms. The molecule has 0 N–H and O–H groups in total. The Balaban J connectivity index is 2.06. The zero-order valence-electron chi connectivity index (χ0n) is 10.6. The minimum absolute atomic E-state index is 0.776. The van der Waals surface area contributed by atoms with Gasteiger partial charge >= 0.3 is 0 Å². The zero-order chi connectivity index (χ0) is 12.4. The summed E-state index contributed by atoms with van der Waals surface area (Å²) in [5.41, 5.74) is 3.27. The number of fused-ring (bicyclic) bond motifs is 8. The van der Waals surface area contributed by atoms with Gasteiger partial charge in [0.2, 0.25) is 0 Å². The first-order chi connectivity index (χ1) is 9.43. The lowest BCUT2D eigenvalue weighted by Crippen LogP contribution is -2.06. The maximum atomic E-state index is 2.32. The molecule has 2 aliphatic rings. The molecule has 1 heteroatoms. The van der Waals surface area contributed by atoms with E-state index in [0.29, 0.717) is 0 Å². The SMILES string of the molecule is c1ccc2c(c1)c1c(c3ccccc32)C2SC2CC1. The number of thioether (sulfide) groups is 1. The maximum absolute atomic E-state index is 2.32. The van der Waals surface area contributed by atoms with Gasteiger partial charge in [-0.1, -0.05) is 48.5 Å². The van der Waals surface area contributed by atoms with Crippen LogP contribution < -0.4 is 0 Å². The fraction of sp³-hybridized carbons (Fsp3) is 0.222. The van der Waals surface area contributed by atoms with Crippen LogP contribution in [0.5, 0.6) is 0 Å². The van der Waals surface area contributed by atoms with Crippen molar-refractivity contribution in [3.8, 4) is 0 Å². The average molecular weight is 262 g/mol. The second-order valence-corrected chi connectivity index (χ2v) is 7.00. The highest BCUT2D eigenvalue weighted by Gasteiger charge is 2.44. The Morgan fingerprint density at radius 3 is 2.21 bits per heavy atom. The summed E-state index contributed by atoms with van der Waals surface area (Å²) in [7, 11) is 0. The number of hydrogen-bond acceptors (Lipinski definition) is 1. The summed E-state index contributed by atoms with van der Waals surface area (Å²) in [6.45, 7) is 0. The maximum Gasteiger partial charge on any atom is 0.0428 e. The van der Waals surface area contributed by atoms with Crippen molar-refractivity contribution in [2.75, 3.05) is 0 Å². The van der Waals surface area contributed by atoms with Crippen LogP contribution in [0.4, 0.5) is 0 Å². The molecule has 0 radical (unpaired) electrons. The van der Waals surface area contributed by atoms with Crippen LogP contribution in [0.1, 0.15) is 22.8 Å². The quantitative estimate of drug-likeness (QED) is 0.401. The molecule has 0 bridgehead atoms. The number of aryl methyl sites for hydroxylation is 1. The Kier molecular flexibility index (Phi) is 1.93. The standard InChI is InChI=1S/C18H14S/c1-2-7-13-11(5-1)12-6-3-4-8-14(12)17-15(13)9-10-16-18(17)19-16/h1-8,16,18H,9-10H2. The molecule has 0 saturated carbocycles. The van der Waals surface area contributed by atoms with E-state index in [1.807, 2.05) is 0 Å². The number of benzene rings is 3. The van der Waals surface area contributed by atoms with Crippen molar-refractivity contribution in [2.24, 2.45) is 0 Å². The molecule has 1 saturated heterocycles. The number of hydrogen-bond donors (Lipinski definition) is 0. The Labute approximate surface area is 116 Å². The molecule has 3 aromatic carbocycles. The predicted octanol–water partition coefficient (Wildman–Crippen LogP) is 5.10. The van der Waals surface area contributed by atoms with E-state index in [-0.39, 0.29) is 0 Å². The van der Waals surface area contributed by atoms with Crippen LogP contribution in [-0.2, 0) is 6.42 Å². The molecule has 0 spiro atoms. The van der Waals surface area contributed by atoms with Crippen LogP contribution >= 0.6 is 11.8 Å². The molecule has 1 aliphatic heterocycles. The van der Waals surface area contributed by atoms with Gasteiger partial charge in [0, 0.05) is 10.5 Å². The fourth-order valence-corrected chi connectivity index (χ4v) is 4.96. The summed E-state index contributed by atoms with van der Waals surface area (Å²) in [6.07, 6.45) is 2.62. The molecule has 1 aliphatic carbocycles. The smallest absolute Gasteiger partial charge is 0.0428 e. The molecule has 2 atom stereocenters. The van der Waals surface area contributed by atoms with Gasteiger partial charge in [-0.3, -0.25) is 0 Å². The van der Waals surface area contributed by atoms with Crippen LogP contribution in [0, 0.1) is 0 Å². The monoisotopic (exact) mass is 262 g/mol. The molecule has 3 aromatic rings. The van der Waals surface area contributed by atoms with Crippen molar-refractivity contribution in [1.82, 2.24) is 0 Å². The van der Waals surface area contributed by atoms with Crippen LogP contribution in [0.25, 0.3) is 21.5 Å². The van der Waals surface area contributed by atoms with Crippen LogP contribution in [0.2, 0.25) is 0 Å². The molecule has 1 heterocycles. The van der Waals surface area contributed by atoms with E-state index in [9.17, 15) is 0 Å². The van der Waals surface area contributed by atoms with E-state index in [1.54, 1.807) is 11.1 Å². The summed E-state index contributed by atoms with van der Waals surface area (Å²) in [4.78, 5) is 0. The van der Waals surface area contributed by atoms with Crippen LogP contribution in [0.3, 0.4) is 0 Å². The molecular weight excluding hydrogens is 248 g/mol. The first-order valence-electron chi connectivity index (χ1n) is 7.01. The minimum atomic E-state index is 0.776. The van der Waals surface area contributed by atoms with E-state index >= 15 is 0 Å². The molecule has 2 unspecified atom stereocenters. The topological polar surface area (TPSA) is 0 Å². The molecule has 0 aromatic heterocycles. The van der Waals surface area contributed by atoms with Crippen molar-refractivity contribution in [3.63, 3.8) is 0 Å². The summed E-state index contributed by atoms with van der Waals surface area (Å²) in [5, 5.41) is 7.53. The Bertz CT molecular complexity index is 818. The normalized spacial score (nSPS) is 24.2. The second kappa shape index (κ2) is 3.55. The van der Waals surface area contributed by atoms with Crippen LogP contribution in [-0.4, -0.2) is 5.25 Å². The predicted molar refractivity (Wildman–Crippen MR) is 83.9 cm³/mol. The van der Waals surface area contributed by atoms with E-state index in [0.717, 1.165) is 10.5 Å². The van der Waals surface area contributed by atoms with E-state index in [2.05, 4.69) is 60.3 Å². The van der Waals surface area contributed by atoms with Crippen molar-refractivity contribution < 1.29 is 0 Å². The highest BCUT2D eigenvalue weighted by Crippen LogP contribution is 2.62. The van der Waals surface area contributed by atoms with Crippen LogP contribution in [0.15, 0.2) is 48.5 Å². The van der Waals surface area contributed by atoms with Crippen molar-refractivity contribution in [2.45, 2.75) is 23.3 Å². The molecule has 5 rings (SSSR count). The van der Waals surface area contributed by atoms with Gasteiger partial charge in [0.1, 0.15) is 0 Å². The lowest BCUT2D eigenvalue weighted by molar-refractivity contribution is 0.763. The van der Waals surface area contributed by atoms with E-state index in [4.69, 9.17) is 0 Å². The molecular formula is C18H14S. The van der Waals surface area contributed by atoms with Gasteiger partial charge in [-0.15, -0.1) is 11.8 Å². The first-order valence-corrected chi connectivity index (χ1v) is 7.95. The lowest BCUT2D eigenvalue weighted by Gasteiger charge is -2.20. The average Bonchev–Trinajstić information content (AvgIpc) is 3.26. The molecule has 1 fully saturated rings. The molecule has 0 nitrogen and oxygen atoms in total. The van der Waals surface area contributed by atoms with Gasteiger partial charge in [0.15, 0.2) is 0 Å². The summed E-state index contributed by atoms with van der Waals surface area (Å²) >= 11 is 2.17. The third-order valence-corrected chi connectivity index (χ3v) is 6.03. The Morgan fingerprint density at radius 2 is 1.42 bits per heavy atom. The van der Waals surface area contributed by atoms with Crippen molar-refractivity contribution in [1.29, 1.82) is 0 Å². The molecule has 0 amide bonds. The van der Waals surface area contributed by atoms with Gasteiger partial charge in [0.05, 0.1) is 0 Å². The molecule has 92 valence electrons. The van der Waals surface area contributed by atoms with Crippen molar-refractivity contribution >= 4 is 33.3 Å². The Morgan fingerprint density at radius 1 is 0.789 bits per heavy atom. The zero-order valence-corrected chi connectivity index (χ0v) is 11.4. The van der Waals surface area contributed by atoms with Gasteiger partial charge in [-0.2, -0.15) is 0 Å². The van der Waals surface area contributed by atoms with E-state index in [1.165, 1.54) is 34.4 Å². The highest BCUT2D eigenvalue weighted by molar-refractivity contribution is 8.07. The summed E-state index contributed by atoms with van der Waals surface area (Å²) < 4.78 is 0. The fourth-order valence-electron chi connectivity index (χ4n) is 3.74. The van der Waals surface area contributed by atoms with Gasteiger partial charge < -0.3 is 0 Å². The highest BCUT2D eigenvalue weighted by atomic mass is 32.2. The lowest BCUT2D eigenvalue weighted by atomic mass is 9.83. The van der Waals surface area contributed by atoms with Gasteiger partial charge in [-0.25, -0.2) is 0 Å². The van der Waals surface area contributed by atoms with Gasteiger partial charge in [-0.05, 0) is 45.5 Å². The van der Waals surface area contributed by atoms with Gasteiger partial charge in [0.25, 0.3) is 0 Å². The number of rotatable bonds is 0. The minimum Gasteiger partial charge on any atom is -0.148 e. The summed E-state index contributed by atoms with van der Waals surface area (Å²) in [6, 6.07) is 17.9. The summed E-state index contributed by atoms with van der Waals surface area (Å²) in [5.74, 6) is 0. The Hall–Kier alpha value is -1.47.